The van der Waals surface area contributed by atoms with Gasteiger partial charge >= 0.3 is 0 Å². The van der Waals surface area contributed by atoms with E-state index in [1.165, 1.54) is 28.2 Å². The number of β-amino-alcohol motifs (C(OH)–C–C–N with tert-alkyl or cyclic N) is 1. The molecule has 2 amide bonds. The van der Waals surface area contributed by atoms with Crippen LogP contribution in [0.1, 0.15) is 88.4 Å². The Morgan fingerprint density at radius 3 is 1.93 bits per heavy atom. The Kier molecular flexibility index (Phi) is 16.2. The van der Waals surface area contributed by atoms with Gasteiger partial charge in [-0.1, -0.05) is 99.6 Å². The zero-order valence-electron chi connectivity index (χ0n) is 40.7. The number of nitrogens with one attached hydrogen (secondary N) is 1. The van der Waals surface area contributed by atoms with Gasteiger partial charge in [0, 0.05) is 77.9 Å². The first kappa shape index (κ1) is 50.6. The Balaban J connectivity index is 0.000000204. The van der Waals surface area contributed by atoms with Crippen molar-refractivity contribution in [2.24, 2.45) is 0 Å². The van der Waals surface area contributed by atoms with Gasteiger partial charge in [0.05, 0.1) is 19.3 Å². The smallest absolute Gasteiger partial charge is 0.278 e. The third-order valence-electron chi connectivity index (χ3n) is 13.6. The second-order valence-electron chi connectivity index (χ2n) is 18.9. The Morgan fingerprint density at radius 1 is 0.710 bits per heavy atom. The summed E-state index contributed by atoms with van der Waals surface area (Å²) in [6.45, 7) is 12.6. The zero-order chi connectivity index (χ0) is 49.5. The summed E-state index contributed by atoms with van der Waals surface area (Å²) in [7, 11) is 1.28. The molecule has 16 nitrogen and oxygen atoms in total. The number of aryl methyl sites for hydroxylation is 2. The number of rotatable bonds is 16. The molecule has 5 aromatic rings. The molecule has 0 fully saturated rings. The fraction of sp³-hybridized carbons (Fsp3) is 0.423. The van der Waals surface area contributed by atoms with Gasteiger partial charge in [-0.2, -0.15) is 0 Å². The second-order valence-corrected chi connectivity index (χ2v) is 23.7. The van der Waals surface area contributed by atoms with Crippen molar-refractivity contribution in [3.8, 4) is 11.5 Å². The van der Waals surface area contributed by atoms with Gasteiger partial charge in [0.2, 0.25) is 10.9 Å². The molecule has 0 bridgehead atoms. The summed E-state index contributed by atoms with van der Waals surface area (Å²) in [4.78, 5) is 55.6. The average Bonchev–Trinajstić information content (AvgIpc) is 3.50. The van der Waals surface area contributed by atoms with Gasteiger partial charge in [0.1, 0.15) is 18.9 Å². The van der Waals surface area contributed by atoms with Crippen molar-refractivity contribution in [1.82, 2.24) is 19.2 Å². The third-order valence-corrected chi connectivity index (χ3v) is 18.1. The number of aromatic hydroxyl groups is 1. The van der Waals surface area contributed by atoms with E-state index < -0.39 is 31.6 Å². The maximum absolute atomic E-state index is 13.7. The number of ether oxygens (including phenoxy) is 3. The van der Waals surface area contributed by atoms with Gasteiger partial charge in [-0.05, 0) is 58.8 Å². The first-order chi connectivity index (χ1) is 33.1. The van der Waals surface area contributed by atoms with E-state index in [0.29, 0.717) is 39.2 Å². The highest BCUT2D eigenvalue weighted by Crippen LogP contribution is 2.41. The molecule has 368 valence electrons. The number of fused-ring (bicyclic) bond motifs is 4. The summed E-state index contributed by atoms with van der Waals surface area (Å²) >= 11 is 0. The standard InChI is InChI=1S/C27H29N3O5.C25H37N3O5Si/c1-35-17-13-23-28(15-16-31)27(34)25-26(33)22(32)12-14-29(25)30(23)24-20-8-4-2-6-18(20)10-11-19-7-3-5-9-21(19)24;1-25(2,3)34(5,6)33-17-15-27-21(13-16-31-4)26-28-14-12-20(29)23(22(28)24(27)30)32-18-19-10-8-7-9-11-19/h2-9,12,14,23-24,31,33H,10-11,13,15-17H2,1H3;7-12,14,21,26H,13,15-18H2,1-6H3. The molecule has 2 atom stereocenters. The summed E-state index contributed by atoms with van der Waals surface area (Å²) < 4.78 is 26.1. The Bertz CT molecular complexity index is 2660. The quantitative estimate of drug-likeness (QED) is 0.0985. The van der Waals surface area contributed by atoms with Crippen molar-refractivity contribution in [3.05, 3.63) is 163 Å². The molecule has 2 unspecified atom stereocenters. The lowest BCUT2D eigenvalue weighted by atomic mass is 9.93. The van der Waals surface area contributed by atoms with Crippen LogP contribution in [0.15, 0.2) is 113 Å². The highest BCUT2D eigenvalue weighted by molar-refractivity contribution is 6.74. The normalized spacial score (nSPS) is 16.9. The summed E-state index contributed by atoms with van der Waals surface area (Å²) in [5.74, 6) is -1.31. The van der Waals surface area contributed by atoms with Crippen molar-refractivity contribution in [2.45, 2.75) is 89.6 Å². The van der Waals surface area contributed by atoms with Crippen LogP contribution in [0.2, 0.25) is 18.1 Å². The van der Waals surface area contributed by atoms with Crippen LogP contribution in [0.4, 0.5) is 0 Å². The van der Waals surface area contributed by atoms with Crippen molar-refractivity contribution >= 4 is 20.1 Å². The maximum atomic E-state index is 13.7. The number of aliphatic hydroxyl groups excluding tert-OH is 1. The van der Waals surface area contributed by atoms with E-state index in [9.17, 15) is 29.4 Å². The fourth-order valence-electron chi connectivity index (χ4n) is 8.94. The fourth-order valence-corrected chi connectivity index (χ4v) is 9.97. The molecule has 69 heavy (non-hydrogen) atoms. The number of amides is 2. The number of hydrogen-bond acceptors (Lipinski definition) is 12. The number of carbonyl (C=O) groups excluding carboxylic acids is 2. The molecule has 3 aliphatic rings. The summed E-state index contributed by atoms with van der Waals surface area (Å²) in [6.07, 6.45) is 5.16. The zero-order valence-corrected chi connectivity index (χ0v) is 41.7. The van der Waals surface area contributed by atoms with Crippen molar-refractivity contribution in [1.29, 1.82) is 0 Å². The van der Waals surface area contributed by atoms with E-state index >= 15 is 0 Å². The van der Waals surface area contributed by atoms with Gasteiger partial charge in [0.25, 0.3) is 11.8 Å². The number of methoxy groups -OCH3 is 2. The van der Waals surface area contributed by atoms with E-state index in [1.807, 2.05) is 59.6 Å². The highest BCUT2D eigenvalue weighted by Gasteiger charge is 2.44. The molecule has 4 heterocycles. The van der Waals surface area contributed by atoms with Gasteiger partial charge in [-0.15, -0.1) is 0 Å². The second kappa shape index (κ2) is 22.0. The maximum Gasteiger partial charge on any atom is 0.278 e. The minimum atomic E-state index is -1.96. The van der Waals surface area contributed by atoms with Gasteiger partial charge in [0.15, 0.2) is 31.2 Å². The van der Waals surface area contributed by atoms with Crippen LogP contribution in [-0.4, -0.2) is 116 Å². The average molecular weight is 963 g/mol. The van der Waals surface area contributed by atoms with Crippen molar-refractivity contribution < 1.29 is 38.4 Å². The summed E-state index contributed by atoms with van der Waals surface area (Å²) in [5, 5.41) is 22.7. The van der Waals surface area contributed by atoms with Crippen LogP contribution in [0.3, 0.4) is 0 Å². The minimum absolute atomic E-state index is 0.0457. The molecule has 3 aromatic carbocycles. The third kappa shape index (κ3) is 10.8. The largest absolute Gasteiger partial charge is 0.502 e. The Labute approximate surface area is 404 Å². The molecule has 2 aliphatic heterocycles. The number of hydrogen-bond donors (Lipinski definition) is 3. The predicted molar refractivity (Wildman–Crippen MR) is 266 cm³/mol. The van der Waals surface area contributed by atoms with Gasteiger partial charge < -0.3 is 44.1 Å². The van der Waals surface area contributed by atoms with E-state index in [2.05, 4.69) is 63.6 Å². The predicted octanol–water partition coefficient (Wildman–Crippen LogP) is 6.00. The first-order valence-corrected chi connectivity index (χ1v) is 26.4. The van der Waals surface area contributed by atoms with Gasteiger partial charge in [-0.25, -0.2) is 0 Å². The van der Waals surface area contributed by atoms with Crippen LogP contribution in [0, 0.1) is 0 Å². The molecular weight excluding hydrogens is 897 g/mol. The van der Waals surface area contributed by atoms with E-state index in [0.717, 1.165) is 29.5 Å². The summed E-state index contributed by atoms with van der Waals surface area (Å²) in [6, 6.07) is 28.5. The lowest BCUT2D eigenvalue weighted by molar-refractivity contribution is 0.0430. The van der Waals surface area contributed by atoms with Crippen LogP contribution in [0.25, 0.3) is 0 Å². The first-order valence-electron chi connectivity index (χ1n) is 23.5. The number of nitrogens with zero attached hydrogens (tertiary/aromatic N) is 5. The van der Waals surface area contributed by atoms with Crippen LogP contribution in [0.5, 0.6) is 11.5 Å². The molecule has 17 heteroatoms. The molecule has 0 saturated carbocycles. The van der Waals surface area contributed by atoms with Gasteiger partial charge in [-0.3, -0.25) is 33.5 Å². The molecule has 8 rings (SSSR count). The number of aromatic nitrogens is 2. The van der Waals surface area contributed by atoms with E-state index in [-0.39, 0.29) is 65.5 Å². The lowest BCUT2D eigenvalue weighted by Gasteiger charge is -2.50. The molecule has 1 aliphatic carbocycles. The molecule has 0 spiro atoms. The van der Waals surface area contributed by atoms with Crippen molar-refractivity contribution in [3.63, 3.8) is 0 Å². The highest BCUT2D eigenvalue weighted by atomic mass is 28.4. The SMILES string of the molecule is COCCC1N(CCO)C(=O)c2c(O)c(=O)ccn2N1C1c2ccccc2CCc2ccccc21.COCCC1Nn2ccc(=O)c(OCc3ccccc3)c2C(=O)N1CCO[Si](C)(C)C(C)(C)C. The Morgan fingerprint density at radius 2 is 1.30 bits per heavy atom. The Hall–Kier alpha value is -6.24. The number of benzene rings is 3. The molecule has 0 saturated heterocycles. The van der Waals surface area contributed by atoms with Crippen molar-refractivity contribution in [2.75, 3.05) is 64.2 Å². The van der Waals surface area contributed by atoms with E-state index in [4.69, 9.17) is 18.6 Å². The molecular formula is C52H66N6O10Si. The van der Waals surface area contributed by atoms with Crippen LogP contribution >= 0.6 is 0 Å². The summed E-state index contributed by atoms with van der Waals surface area (Å²) in [5.41, 5.74) is 8.01. The molecule has 2 aromatic heterocycles. The number of pyridine rings is 2. The topological polar surface area (TPSA) is 177 Å². The van der Waals surface area contributed by atoms with Crippen LogP contribution < -0.4 is 26.0 Å². The number of aliphatic hydroxyl groups is 1. The van der Waals surface area contributed by atoms with E-state index in [1.54, 1.807) is 40.9 Å². The minimum Gasteiger partial charge on any atom is -0.502 e. The molecule has 0 radical (unpaired) electrons. The lowest BCUT2D eigenvalue weighted by Crippen LogP contribution is -2.63. The van der Waals surface area contributed by atoms with Crippen LogP contribution in [-0.2, 0) is 33.3 Å². The molecule has 3 N–H and O–H groups in total. The monoisotopic (exact) mass is 962 g/mol. The number of carbonyl (C=O) groups is 2.